The van der Waals surface area contributed by atoms with Crippen molar-refractivity contribution in [2.75, 3.05) is 6.54 Å². The standard InChI is InChI=1S/C11H17N5O2.C2HF3O2/c12-8(4-7-5-14-6-15-7)11(18)16-3-1-2-9(16)10(13)17;3-2(4,5)1(6)7/h5-6,8-9H,1-4,12H2,(H2,13,17)(H,14,15);(H,6,7)/t8-,9-;/m0./s1. The maximum atomic E-state index is 12.1. The lowest BCUT2D eigenvalue weighted by Crippen LogP contribution is -2.50. The molecule has 2 rings (SSSR count). The SMILES string of the molecule is NC(=O)[C@@H]1CCCN1C(=O)[C@@H](N)Cc1cnc[nH]1.O=C(O)C(F)(F)F. The predicted molar refractivity (Wildman–Crippen MR) is 77.9 cm³/mol. The van der Waals surface area contributed by atoms with E-state index in [0.717, 1.165) is 12.1 Å². The molecule has 1 aromatic rings. The molecule has 0 spiro atoms. The van der Waals surface area contributed by atoms with E-state index in [4.69, 9.17) is 21.4 Å². The molecule has 0 unspecified atom stereocenters. The molecular formula is C13H18F3N5O4. The fourth-order valence-corrected chi connectivity index (χ4v) is 2.26. The average Bonchev–Trinajstić information content (AvgIpc) is 3.16. The van der Waals surface area contributed by atoms with Gasteiger partial charge in [-0.2, -0.15) is 13.2 Å². The Kier molecular flexibility index (Phi) is 6.91. The van der Waals surface area contributed by atoms with Gasteiger partial charge in [0, 0.05) is 24.9 Å². The fourth-order valence-electron chi connectivity index (χ4n) is 2.26. The van der Waals surface area contributed by atoms with Gasteiger partial charge in [0.2, 0.25) is 11.8 Å². The van der Waals surface area contributed by atoms with Gasteiger partial charge in [0.05, 0.1) is 12.4 Å². The number of hydrogen-bond donors (Lipinski definition) is 4. The first-order valence-electron chi connectivity index (χ1n) is 7.16. The number of aromatic nitrogens is 2. The highest BCUT2D eigenvalue weighted by Gasteiger charge is 2.38. The third kappa shape index (κ3) is 6.06. The van der Waals surface area contributed by atoms with Crippen LogP contribution in [-0.4, -0.2) is 62.6 Å². The Morgan fingerprint density at radius 3 is 2.48 bits per heavy atom. The third-order valence-electron chi connectivity index (χ3n) is 3.42. The summed E-state index contributed by atoms with van der Waals surface area (Å²) in [7, 11) is 0. The van der Waals surface area contributed by atoms with Crippen molar-refractivity contribution in [3.63, 3.8) is 0 Å². The number of carboxylic acid groups (broad SMARTS) is 1. The number of hydrogen-bond acceptors (Lipinski definition) is 5. The number of carbonyl (C=O) groups excluding carboxylic acids is 2. The first kappa shape index (κ1) is 20.4. The van der Waals surface area contributed by atoms with Crippen LogP contribution in [0.5, 0.6) is 0 Å². The molecule has 2 heterocycles. The number of aliphatic carboxylic acids is 1. The second-order valence-corrected chi connectivity index (χ2v) is 5.28. The van der Waals surface area contributed by atoms with Crippen molar-refractivity contribution in [1.29, 1.82) is 0 Å². The molecule has 25 heavy (non-hydrogen) atoms. The van der Waals surface area contributed by atoms with E-state index in [1.807, 2.05) is 0 Å². The highest BCUT2D eigenvalue weighted by atomic mass is 19.4. The van der Waals surface area contributed by atoms with Crippen LogP contribution >= 0.6 is 0 Å². The maximum Gasteiger partial charge on any atom is 0.490 e. The van der Waals surface area contributed by atoms with E-state index in [9.17, 15) is 22.8 Å². The average molecular weight is 365 g/mol. The molecule has 140 valence electrons. The maximum absolute atomic E-state index is 12.1. The Labute approximate surface area is 140 Å². The second kappa shape index (κ2) is 8.46. The lowest BCUT2D eigenvalue weighted by Gasteiger charge is -2.25. The van der Waals surface area contributed by atoms with E-state index in [1.54, 1.807) is 6.20 Å². The summed E-state index contributed by atoms with van der Waals surface area (Å²) in [4.78, 5) is 40.5. The minimum atomic E-state index is -5.08. The smallest absolute Gasteiger partial charge is 0.475 e. The number of halogens is 3. The zero-order valence-corrected chi connectivity index (χ0v) is 13.0. The number of alkyl halides is 3. The van der Waals surface area contributed by atoms with Crippen molar-refractivity contribution in [3.05, 3.63) is 18.2 Å². The minimum absolute atomic E-state index is 0.231. The zero-order chi connectivity index (χ0) is 19.2. The number of likely N-dealkylation sites (tertiary alicyclic amines) is 1. The van der Waals surface area contributed by atoms with Crippen LogP contribution in [0.25, 0.3) is 0 Å². The highest BCUT2D eigenvalue weighted by molar-refractivity contribution is 5.89. The van der Waals surface area contributed by atoms with E-state index in [0.29, 0.717) is 19.4 Å². The molecular weight excluding hydrogens is 347 g/mol. The van der Waals surface area contributed by atoms with Gasteiger partial charge in [-0.1, -0.05) is 0 Å². The van der Waals surface area contributed by atoms with Gasteiger partial charge < -0.3 is 26.5 Å². The summed E-state index contributed by atoms with van der Waals surface area (Å²) in [6.45, 7) is 0.545. The third-order valence-corrected chi connectivity index (χ3v) is 3.42. The number of primary amides is 1. The Hall–Kier alpha value is -2.63. The number of aromatic amines is 1. The molecule has 0 saturated carbocycles. The Balaban J connectivity index is 0.000000381. The van der Waals surface area contributed by atoms with Crippen LogP contribution in [0.4, 0.5) is 13.2 Å². The molecule has 12 heteroatoms. The van der Waals surface area contributed by atoms with Gasteiger partial charge in [0.1, 0.15) is 6.04 Å². The number of carboxylic acids is 1. The molecule has 0 bridgehead atoms. The molecule has 6 N–H and O–H groups in total. The molecule has 1 aliphatic rings. The van der Waals surface area contributed by atoms with Crippen molar-refractivity contribution >= 4 is 17.8 Å². The summed E-state index contributed by atoms with van der Waals surface area (Å²) in [5.74, 6) is -3.45. The van der Waals surface area contributed by atoms with Gasteiger partial charge in [-0.25, -0.2) is 9.78 Å². The van der Waals surface area contributed by atoms with Gasteiger partial charge in [0.15, 0.2) is 0 Å². The number of H-pyrrole nitrogens is 1. The van der Waals surface area contributed by atoms with Gasteiger partial charge in [-0.15, -0.1) is 0 Å². The number of nitrogens with one attached hydrogen (secondary N) is 1. The number of nitrogens with two attached hydrogens (primary N) is 2. The molecule has 0 aromatic carbocycles. The van der Waals surface area contributed by atoms with Crippen LogP contribution in [0.3, 0.4) is 0 Å². The summed E-state index contributed by atoms with van der Waals surface area (Å²) >= 11 is 0. The number of carbonyl (C=O) groups is 3. The highest BCUT2D eigenvalue weighted by Crippen LogP contribution is 2.18. The predicted octanol–water partition coefficient (Wildman–Crippen LogP) is -0.611. The monoisotopic (exact) mass is 365 g/mol. The van der Waals surface area contributed by atoms with Crippen LogP contribution in [0.2, 0.25) is 0 Å². The molecule has 1 aliphatic heterocycles. The van der Waals surface area contributed by atoms with Crippen molar-refractivity contribution in [2.24, 2.45) is 11.5 Å². The molecule has 9 nitrogen and oxygen atoms in total. The Bertz CT molecular complexity index is 605. The van der Waals surface area contributed by atoms with Crippen LogP contribution in [0.1, 0.15) is 18.5 Å². The zero-order valence-electron chi connectivity index (χ0n) is 13.0. The number of nitrogens with zero attached hydrogens (tertiary/aromatic N) is 2. The molecule has 0 radical (unpaired) electrons. The lowest BCUT2D eigenvalue weighted by molar-refractivity contribution is -0.192. The largest absolute Gasteiger partial charge is 0.490 e. The van der Waals surface area contributed by atoms with Gasteiger partial charge in [-0.3, -0.25) is 9.59 Å². The summed E-state index contributed by atoms with van der Waals surface area (Å²) in [6, 6.07) is -1.18. The minimum Gasteiger partial charge on any atom is -0.475 e. The Morgan fingerprint density at radius 1 is 1.44 bits per heavy atom. The van der Waals surface area contributed by atoms with E-state index in [1.165, 1.54) is 11.2 Å². The second-order valence-electron chi connectivity index (χ2n) is 5.28. The number of rotatable bonds is 4. The molecule has 2 atom stereocenters. The molecule has 2 amide bonds. The Morgan fingerprint density at radius 2 is 2.04 bits per heavy atom. The van der Waals surface area contributed by atoms with E-state index >= 15 is 0 Å². The summed E-state index contributed by atoms with van der Waals surface area (Å²) in [6.07, 6.45) is -0.133. The van der Waals surface area contributed by atoms with E-state index < -0.39 is 30.1 Å². The van der Waals surface area contributed by atoms with Crippen molar-refractivity contribution < 1.29 is 32.7 Å². The van der Waals surface area contributed by atoms with Crippen molar-refractivity contribution in [2.45, 2.75) is 37.5 Å². The molecule has 0 aliphatic carbocycles. The van der Waals surface area contributed by atoms with Crippen LogP contribution in [0, 0.1) is 0 Å². The number of imidazole rings is 1. The van der Waals surface area contributed by atoms with E-state index in [2.05, 4.69) is 9.97 Å². The quantitative estimate of drug-likeness (QED) is 0.558. The normalized spacial score (nSPS) is 18.2. The van der Waals surface area contributed by atoms with Gasteiger partial charge in [-0.05, 0) is 12.8 Å². The lowest BCUT2D eigenvalue weighted by atomic mass is 10.1. The topological polar surface area (TPSA) is 155 Å². The summed E-state index contributed by atoms with van der Waals surface area (Å²) < 4.78 is 31.7. The number of amides is 2. The van der Waals surface area contributed by atoms with Crippen LogP contribution < -0.4 is 11.5 Å². The van der Waals surface area contributed by atoms with E-state index in [-0.39, 0.29) is 5.91 Å². The van der Waals surface area contributed by atoms with Crippen molar-refractivity contribution in [1.82, 2.24) is 14.9 Å². The van der Waals surface area contributed by atoms with Crippen molar-refractivity contribution in [3.8, 4) is 0 Å². The first-order chi connectivity index (χ1) is 11.5. The first-order valence-corrected chi connectivity index (χ1v) is 7.16. The molecule has 1 saturated heterocycles. The van der Waals surface area contributed by atoms with Gasteiger partial charge in [0.25, 0.3) is 0 Å². The van der Waals surface area contributed by atoms with Crippen LogP contribution in [0.15, 0.2) is 12.5 Å². The summed E-state index contributed by atoms with van der Waals surface area (Å²) in [5.41, 5.74) is 11.9. The molecule has 1 aromatic heterocycles. The van der Waals surface area contributed by atoms with Gasteiger partial charge >= 0.3 is 12.1 Å². The fraction of sp³-hybridized carbons (Fsp3) is 0.538. The summed E-state index contributed by atoms with van der Waals surface area (Å²) in [5, 5.41) is 7.12. The molecule has 1 fully saturated rings. The van der Waals surface area contributed by atoms with Crippen LogP contribution in [-0.2, 0) is 20.8 Å².